The Balaban J connectivity index is 1.66. The van der Waals surface area contributed by atoms with Crippen molar-refractivity contribution >= 4 is 28.6 Å². The van der Waals surface area contributed by atoms with Crippen molar-refractivity contribution in [2.75, 3.05) is 6.61 Å². The van der Waals surface area contributed by atoms with Crippen LogP contribution < -0.4 is 4.74 Å². The third-order valence-corrected chi connectivity index (χ3v) is 6.74. The summed E-state index contributed by atoms with van der Waals surface area (Å²) < 4.78 is 51.0. The molecule has 0 aliphatic rings. The van der Waals surface area contributed by atoms with Crippen LogP contribution in [-0.2, 0) is 15.7 Å². The third kappa shape index (κ3) is 5.82. The maximum Gasteiger partial charge on any atom is 0.416 e. The zero-order chi connectivity index (χ0) is 25.0. The third-order valence-electron chi connectivity index (χ3n) is 5.44. The van der Waals surface area contributed by atoms with Crippen molar-refractivity contribution in [1.29, 1.82) is 0 Å². The SMILES string of the molecule is CCOC(=O)C(C)Oc1ccc(SC(c2cccc(C(F)(F)F)c2)c2cccc3[nH]ccc23)cc1. The van der Waals surface area contributed by atoms with E-state index >= 15 is 0 Å². The summed E-state index contributed by atoms with van der Waals surface area (Å²) in [4.78, 5) is 15.8. The number of H-pyrrole nitrogens is 1. The van der Waals surface area contributed by atoms with Crippen LogP contribution >= 0.6 is 11.8 Å². The summed E-state index contributed by atoms with van der Waals surface area (Å²) in [7, 11) is 0. The number of aromatic amines is 1. The Kier molecular flexibility index (Phi) is 7.40. The predicted octanol–water partition coefficient (Wildman–Crippen LogP) is 7.40. The zero-order valence-electron chi connectivity index (χ0n) is 19.1. The number of ether oxygens (including phenoxy) is 2. The Bertz CT molecular complexity index is 1300. The normalized spacial score (nSPS) is 13.4. The fourth-order valence-electron chi connectivity index (χ4n) is 3.77. The number of rotatable bonds is 8. The van der Waals surface area contributed by atoms with Crippen LogP contribution in [0.25, 0.3) is 10.9 Å². The molecular formula is C27H24F3NO3S. The molecule has 8 heteroatoms. The highest BCUT2D eigenvalue weighted by Crippen LogP contribution is 2.44. The van der Waals surface area contributed by atoms with Crippen LogP contribution in [0.4, 0.5) is 13.2 Å². The summed E-state index contributed by atoms with van der Waals surface area (Å²) in [6.45, 7) is 3.61. The van der Waals surface area contributed by atoms with E-state index in [1.807, 2.05) is 42.6 Å². The van der Waals surface area contributed by atoms with Gasteiger partial charge in [-0.05, 0) is 67.4 Å². The van der Waals surface area contributed by atoms with E-state index in [2.05, 4.69) is 4.98 Å². The van der Waals surface area contributed by atoms with Gasteiger partial charge in [0.1, 0.15) is 5.75 Å². The van der Waals surface area contributed by atoms with Crippen LogP contribution in [0, 0.1) is 0 Å². The molecule has 1 aromatic heterocycles. The minimum Gasteiger partial charge on any atom is -0.479 e. The number of hydrogen-bond acceptors (Lipinski definition) is 4. The fraction of sp³-hybridized carbons (Fsp3) is 0.222. The first-order valence-electron chi connectivity index (χ1n) is 11.1. The van der Waals surface area contributed by atoms with Gasteiger partial charge in [-0.3, -0.25) is 0 Å². The fourth-order valence-corrected chi connectivity index (χ4v) is 4.95. The van der Waals surface area contributed by atoms with Crippen LogP contribution in [0.15, 0.2) is 83.9 Å². The summed E-state index contributed by atoms with van der Waals surface area (Å²) in [6.07, 6.45) is -3.36. The van der Waals surface area contributed by atoms with E-state index in [1.54, 1.807) is 32.0 Å². The van der Waals surface area contributed by atoms with E-state index < -0.39 is 23.8 Å². The molecule has 0 fully saturated rings. The van der Waals surface area contributed by atoms with E-state index in [9.17, 15) is 18.0 Å². The maximum absolute atomic E-state index is 13.5. The highest BCUT2D eigenvalue weighted by Gasteiger charge is 2.31. The number of benzene rings is 3. The lowest BCUT2D eigenvalue weighted by Crippen LogP contribution is -2.25. The van der Waals surface area contributed by atoms with Gasteiger partial charge in [0.2, 0.25) is 0 Å². The van der Waals surface area contributed by atoms with Crippen LogP contribution in [0.2, 0.25) is 0 Å². The molecule has 0 bridgehead atoms. The van der Waals surface area contributed by atoms with Gasteiger partial charge in [0.25, 0.3) is 0 Å². The number of halogens is 3. The molecule has 1 heterocycles. The van der Waals surface area contributed by atoms with Crippen molar-refractivity contribution in [2.45, 2.75) is 36.3 Å². The number of esters is 1. The molecule has 2 unspecified atom stereocenters. The van der Waals surface area contributed by atoms with Gasteiger partial charge in [0.15, 0.2) is 6.10 Å². The van der Waals surface area contributed by atoms with E-state index in [0.29, 0.717) is 11.3 Å². The zero-order valence-corrected chi connectivity index (χ0v) is 20.0. The molecule has 4 aromatic rings. The lowest BCUT2D eigenvalue weighted by atomic mass is 9.99. The van der Waals surface area contributed by atoms with Gasteiger partial charge in [-0.25, -0.2) is 4.79 Å². The standard InChI is InChI=1S/C27H24F3NO3S/c1-3-33-26(32)17(2)34-20-10-12-21(13-11-20)35-25(18-6-4-7-19(16-18)27(28,29)30)23-8-5-9-24-22(23)14-15-31-24/h4-17,25,31H,3H2,1-2H3. The molecule has 1 N–H and O–H groups in total. The summed E-state index contributed by atoms with van der Waals surface area (Å²) in [5.74, 6) is 0.0495. The van der Waals surface area contributed by atoms with Crippen LogP contribution in [0.3, 0.4) is 0 Å². The molecular weight excluding hydrogens is 475 g/mol. The molecule has 35 heavy (non-hydrogen) atoms. The van der Waals surface area contributed by atoms with Gasteiger partial charge < -0.3 is 14.5 Å². The van der Waals surface area contributed by atoms with E-state index in [-0.39, 0.29) is 11.9 Å². The number of nitrogens with one attached hydrogen (secondary N) is 1. The van der Waals surface area contributed by atoms with E-state index in [0.717, 1.165) is 27.4 Å². The Labute approximate surface area is 205 Å². The maximum atomic E-state index is 13.5. The first-order valence-corrected chi connectivity index (χ1v) is 12.0. The van der Waals surface area contributed by atoms with Gasteiger partial charge in [-0.15, -0.1) is 11.8 Å². The van der Waals surface area contributed by atoms with Crippen LogP contribution in [0.5, 0.6) is 5.75 Å². The van der Waals surface area contributed by atoms with Crippen molar-refractivity contribution in [1.82, 2.24) is 4.98 Å². The molecule has 2 atom stereocenters. The molecule has 0 aliphatic heterocycles. The first kappa shape index (κ1) is 24.7. The van der Waals surface area contributed by atoms with Gasteiger partial charge in [0.05, 0.1) is 17.4 Å². The average Bonchev–Trinajstić information content (AvgIpc) is 3.32. The highest BCUT2D eigenvalue weighted by molar-refractivity contribution is 7.99. The van der Waals surface area contributed by atoms with Gasteiger partial charge in [-0.1, -0.05) is 30.3 Å². The van der Waals surface area contributed by atoms with Gasteiger partial charge in [-0.2, -0.15) is 13.2 Å². The smallest absolute Gasteiger partial charge is 0.416 e. The number of carbonyl (C=O) groups is 1. The molecule has 0 amide bonds. The molecule has 4 nitrogen and oxygen atoms in total. The minimum atomic E-state index is -4.43. The lowest BCUT2D eigenvalue weighted by molar-refractivity contribution is -0.150. The van der Waals surface area contributed by atoms with Gasteiger partial charge in [0, 0.05) is 22.0 Å². The summed E-state index contributed by atoms with van der Waals surface area (Å²) in [6, 6.07) is 20.3. The Morgan fingerprint density at radius 1 is 1.03 bits per heavy atom. The Morgan fingerprint density at radius 3 is 2.49 bits per heavy atom. The number of carbonyl (C=O) groups excluding carboxylic acids is 1. The largest absolute Gasteiger partial charge is 0.479 e. The second-order valence-corrected chi connectivity index (χ2v) is 9.07. The number of aromatic nitrogens is 1. The molecule has 182 valence electrons. The van der Waals surface area contributed by atoms with Crippen molar-refractivity contribution in [2.24, 2.45) is 0 Å². The first-order chi connectivity index (χ1) is 16.8. The molecule has 0 aliphatic carbocycles. The minimum absolute atomic E-state index is 0.271. The Morgan fingerprint density at radius 2 is 1.77 bits per heavy atom. The van der Waals surface area contributed by atoms with Crippen molar-refractivity contribution in [3.63, 3.8) is 0 Å². The summed E-state index contributed by atoms with van der Waals surface area (Å²) >= 11 is 1.45. The highest BCUT2D eigenvalue weighted by atomic mass is 32.2. The second-order valence-electron chi connectivity index (χ2n) is 7.89. The van der Waals surface area contributed by atoms with Crippen LogP contribution in [-0.4, -0.2) is 23.7 Å². The lowest BCUT2D eigenvalue weighted by Gasteiger charge is -2.20. The molecule has 0 saturated carbocycles. The summed E-state index contributed by atoms with van der Waals surface area (Å²) in [5, 5.41) is 0.563. The topological polar surface area (TPSA) is 51.3 Å². The van der Waals surface area contributed by atoms with Crippen molar-refractivity contribution in [3.8, 4) is 5.75 Å². The molecule has 4 rings (SSSR count). The Hall–Kier alpha value is -3.39. The molecule has 0 spiro atoms. The molecule has 0 saturated heterocycles. The predicted molar refractivity (Wildman–Crippen MR) is 131 cm³/mol. The molecule has 0 radical (unpaired) electrons. The van der Waals surface area contributed by atoms with E-state index in [4.69, 9.17) is 9.47 Å². The second kappa shape index (κ2) is 10.5. The molecule has 3 aromatic carbocycles. The number of alkyl halides is 3. The van der Waals surface area contributed by atoms with Gasteiger partial charge >= 0.3 is 12.1 Å². The monoisotopic (exact) mass is 499 g/mol. The number of thioether (sulfide) groups is 1. The van der Waals surface area contributed by atoms with Crippen molar-refractivity contribution in [3.05, 3.63) is 95.7 Å². The van der Waals surface area contributed by atoms with Crippen LogP contribution in [0.1, 0.15) is 35.8 Å². The summed E-state index contributed by atoms with van der Waals surface area (Å²) in [5.41, 5.74) is 1.69. The number of hydrogen-bond donors (Lipinski definition) is 1. The van der Waals surface area contributed by atoms with E-state index in [1.165, 1.54) is 23.9 Å². The average molecular weight is 500 g/mol. The quantitative estimate of drug-likeness (QED) is 0.203. The van der Waals surface area contributed by atoms with Crippen molar-refractivity contribution < 1.29 is 27.4 Å². The number of fused-ring (bicyclic) bond motifs is 1.